The zero-order chi connectivity index (χ0) is 14.3. The monoisotopic (exact) mass is 271 g/mol. The Kier molecular flexibility index (Phi) is 2.64. The van der Waals surface area contributed by atoms with Gasteiger partial charge in [0.1, 0.15) is 5.82 Å². The highest BCUT2D eigenvalue weighted by Crippen LogP contribution is 2.17. The molecule has 0 aliphatic rings. The highest BCUT2D eigenvalue weighted by atomic mass is 19.1. The van der Waals surface area contributed by atoms with Gasteiger partial charge in [-0.1, -0.05) is 0 Å². The first kappa shape index (κ1) is 12.2. The quantitative estimate of drug-likeness (QED) is 0.741. The molecule has 6 heteroatoms. The summed E-state index contributed by atoms with van der Waals surface area (Å²) in [6, 6.07) is 10.3. The van der Waals surface area contributed by atoms with E-state index >= 15 is 0 Å². The Balaban J connectivity index is 2.21. The van der Waals surface area contributed by atoms with E-state index in [1.165, 1.54) is 34.9 Å². The molecule has 3 aromatic rings. The number of H-pyrrole nitrogens is 1. The summed E-state index contributed by atoms with van der Waals surface area (Å²) in [5.41, 5.74) is 6.68. The molecule has 0 bridgehead atoms. The predicted molar refractivity (Wildman–Crippen MR) is 72.4 cm³/mol. The molecular formula is C14H10FN3O2. The maximum Gasteiger partial charge on any atom is 0.331 e. The molecule has 0 radical (unpaired) electrons. The molecule has 1 heterocycles. The number of amides is 1. The average molecular weight is 271 g/mol. The van der Waals surface area contributed by atoms with Crippen LogP contribution in [0.3, 0.4) is 0 Å². The van der Waals surface area contributed by atoms with Gasteiger partial charge in [0.25, 0.3) is 0 Å². The van der Waals surface area contributed by atoms with Gasteiger partial charge >= 0.3 is 5.69 Å². The standard InChI is InChI=1S/C14H10FN3O2/c15-9-3-6-12-11(7-9)17-14(20)18(12)10-4-1-8(2-5-10)13(16)19/h1-7H,(H2,16,19)(H,17,20). The van der Waals surface area contributed by atoms with Crippen molar-refractivity contribution < 1.29 is 9.18 Å². The van der Waals surface area contributed by atoms with Crippen LogP contribution in [0, 0.1) is 5.82 Å². The molecule has 0 atom stereocenters. The Morgan fingerprint density at radius 2 is 1.85 bits per heavy atom. The van der Waals surface area contributed by atoms with Crippen LogP contribution < -0.4 is 11.4 Å². The van der Waals surface area contributed by atoms with Crippen LogP contribution in [0.5, 0.6) is 0 Å². The zero-order valence-corrected chi connectivity index (χ0v) is 10.3. The fraction of sp³-hybridized carbons (Fsp3) is 0. The Bertz CT molecular complexity index is 862. The number of nitrogens with two attached hydrogens (primary N) is 1. The number of nitrogens with zero attached hydrogens (tertiary/aromatic N) is 1. The van der Waals surface area contributed by atoms with E-state index in [1.54, 1.807) is 12.1 Å². The number of hydrogen-bond acceptors (Lipinski definition) is 2. The summed E-state index contributed by atoms with van der Waals surface area (Å²) in [5, 5.41) is 0. The van der Waals surface area contributed by atoms with E-state index in [-0.39, 0.29) is 5.69 Å². The third-order valence-corrected chi connectivity index (χ3v) is 3.05. The summed E-state index contributed by atoms with van der Waals surface area (Å²) in [4.78, 5) is 25.6. The third-order valence-electron chi connectivity index (χ3n) is 3.05. The van der Waals surface area contributed by atoms with Crippen LogP contribution in [0.4, 0.5) is 4.39 Å². The maximum atomic E-state index is 13.1. The van der Waals surface area contributed by atoms with E-state index in [0.717, 1.165) is 0 Å². The molecule has 100 valence electrons. The number of nitrogens with one attached hydrogen (secondary N) is 1. The summed E-state index contributed by atoms with van der Waals surface area (Å²) in [7, 11) is 0. The average Bonchev–Trinajstić information content (AvgIpc) is 2.73. The number of imidazole rings is 1. The number of halogens is 1. The lowest BCUT2D eigenvalue weighted by Gasteiger charge is -2.04. The topological polar surface area (TPSA) is 80.9 Å². The van der Waals surface area contributed by atoms with E-state index in [4.69, 9.17) is 5.73 Å². The number of hydrogen-bond donors (Lipinski definition) is 2. The number of fused-ring (bicyclic) bond motifs is 1. The molecule has 20 heavy (non-hydrogen) atoms. The maximum absolute atomic E-state index is 13.1. The first-order valence-corrected chi connectivity index (χ1v) is 5.87. The SMILES string of the molecule is NC(=O)c1ccc(-n2c(=O)[nH]c3cc(F)ccc32)cc1. The minimum absolute atomic E-state index is 0.354. The highest BCUT2D eigenvalue weighted by molar-refractivity contribution is 5.93. The lowest BCUT2D eigenvalue weighted by Crippen LogP contribution is -2.15. The lowest BCUT2D eigenvalue weighted by atomic mass is 10.2. The molecule has 0 fully saturated rings. The van der Waals surface area contributed by atoms with Crippen LogP contribution >= 0.6 is 0 Å². The van der Waals surface area contributed by atoms with Gasteiger partial charge < -0.3 is 10.7 Å². The van der Waals surface area contributed by atoms with Crippen molar-refractivity contribution in [3.63, 3.8) is 0 Å². The van der Waals surface area contributed by atoms with Crippen molar-refractivity contribution in [1.82, 2.24) is 9.55 Å². The Hall–Kier alpha value is -2.89. The Morgan fingerprint density at radius 1 is 1.15 bits per heavy atom. The van der Waals surface area contributed by atoms with Crippen LogP contribution in [-0.4, -0.2) is 15.5 Å². The van der Waals surface area contributed by atoms with Gasteiger partial charge in [-0.2, -0.15) is 0 Å². The van der Waals surface area contributed by atoms with Crippen molar-refractivity contribution >= 4 is 16.9 Å². The third kappa shape index (κ3) is 1.87. The molecule has 1 aromatic heterocycles. The van der Waals surface area contributed by atoms with Gasteiger partial charge in [0.05, 0.1) is 16.7 Å². The Morgan fingerprint density at radius 3 is 2.50 bits per heavy atom. The molecule has 3 N–H and O–H groups in total. The first-order valence-electron chi connectivity index (χ1n) is 5.87. The van der Waals surface area contributed by atoms with Gasteiger partial charge in [-0.15, -0.1) is 0 Å². The fourth-order valence-corrected chi connectivity index (χ4v) is 2.11. The smallest absolute Gasteiger partial charge is 0.331 e. The fourth-order valence-electron chi connectivity index (χ4n) is 2.11. The summed E-state index contributed by atoms with van der Waals surface area (Å²) >= 11 is 0. The van der Waals surface area contributed by atoms with Gasteiger partial charge in [0.15, 0.2) is 0 Å². The highest BCUT2D eigenvalue weighted by Gasteiger charge is 2.10. The van der Waals surface area contributed by atoms with Crippen molar-refractivity contribution in [1.29, 1.82) is 0 Å². The number of carbonyl (C=O) groups excluding carboxylic acids is 1. The summed E-state index contributed by atoms with van der Waals surface area (Å²) in [6.45, 7) is 0. The molecule has 0 aliphatic carbocycles. The summed E-state index contributed by atoms with van der Waals surface area (Å²) < 4.78 is 14.5. The van der Waals surface area contributed by atoms with Gasteiger partial charge in [0, 0.05) is 5.56 Å². The van der Waals surface area contributed by atoms with Crippen molar-refractivity contribution in [2.24, 2.45) is 5.73 Å². The first-order chi connectivity index (χ1) is 9.56. The van der Waals surface area contributed by atoms with E-state index in [9.17, 15) is 14.0 Å². The second kappa shape index (κ2) is 4.34. The Labute approximate surface area is 112 Å². The van der Waals surface area contributed by atoms with E-state index in [1.807, 2.05) is 0 Å². The second-order valence-corrected chi connectivity index (χ2v) is 4.34. The van der Waals surface area contributed by atoms with Crippen molar-refractivity contribution in [3.05, 3.63) is 64.3 Å². The number of benzene rings is 2. The minimum Gasteiger partial charge on any atom is -0.366 e. The molecule has 0 unspecified atom stereocenters. The molecule has 0 spiro atoms. The van der Waals surface area contributed by atoms with Crippen molar-refractivity contribution in [2.75, 3.05) is 0 Å². The molecular weight excluding hydrogens is 261 g/mol. The molecule has 0 saturated carbocycles. The van der Waals surface area contributed by atoms with E-state index < -0.39 is 11.7 Å². The summed E-state index contributed by atoms with van der Waals surface area (Å²) in [6.07, 6.45) is 0. The molecule has 1 amide bonds. The molecule has 3 rings (SSSR count). The number of rotatable bonds is 2. The minimum atomic E-state index is -0.537. The van der Waals surface area contributed by atoms with Crippen molar-refractivity contribution in [2.45, 2.75) is 0 Å². The normalized spacial score (nSPS) is 10.8. The predicted octanol–water partition coefficient (Wildman–Crippen LogP) is 1.56. The lowest BCUT2D eigenvalue weighted by molar-refractivity contribution is 0.100. The molecule has 0 aliphatic heterocycles. The number of primary amides is 1. The van der Waals surface area contributed by atoms with Crippen LogP contribution in [0.15, 0.2) is 47.3 Å². The molecule has 5 nitrogen and oxygen atoms in total. The summed E-state index contributed by atoms with van der Waals surface area (Å²) in [5.74, 6) is -0.958. The van der Waals surface area contributed by atoms with E-state index in [2.05, 4.69) is 4.98 Å². The van der Waals surface area contributed by atoms with Crippen LogP contribution in [0.2, 0.25) is 0 Å². The van der Waals surface area contributed by atoms with Gasteiger partial charge in [-0.25, -0.2) is 9.18 Å². The van der Waals surface area contributed by atoms with Crippen molar-refractivity contribution in [3.8, 4) is 5.69 Å². The second-order valence-electron chi connectivity index (χ2n) is 4.34. The number of aromatic amines is 1. The number of carbonyl (C=O) groups is 1. The molecule has 0 saturated heterocycles. The van der Waals surface area contributed by atoms with Gasteiger partial charge in [-0.05, 0) is 42.5 Å². The largest absolute Gasteiger partial charge is 0.366 e. The van der Waals surface area contributed by atoms with Gasteiger partial charge in [-0.3, -0.25) is 9.36 Å². The number of aromatic nitrogens is 2. The van der Waals surface area contributed by atoms with E-state index in [0.29, 0.717) is 22.3 Å². The van der Waals surface area contributed by atoms with Crippen LogP contribution in [0.25, 0.3) is 16.7 Å². The molecule has 2 aromatic carbocycles. The van der Waals surface area contributed by atoms with Crippen LogP contribution in [0.1, 0.15) is 10.4 Å². The van der Waals surface area contributed by atoms with Crippen LogP contribution in [-0.2, 0) is 0 Å². The zero-order valence-electron chi connectivity index (χ0n) is 10.3. The van der Waals surface area contributed by atoms with Gasteiger partial charge in [0.2, 0.25) is 5.91 Å².